The molecule has 0 saturated carbocycles. The van der Waals surface area contributed by atoms with E-state index in [0.29, 0.717) is 57.6 Å². The number of rotatable bonds is 5. The van der Waals surface area contributed by atoms with E-state index >= 15 is 0 Å². The molecule has 2 fully saturated rings. The number of aryl methyl sites for hydroxylation is 1. The van der Waals surface area contributed by atoms with E-state index in [1.165, 1.54) is 16.9 Å². The van der Waals surface area contributed by atoms with Crippen molar-refractivity contribution in [2.75, 3.05) is 32.4 Å². The van der Waals surface area contributed by atoms with Gasteiger partial charge in [-0.05, 0) is 19.3 Å². The van der Waals surface area contributed by atoms with E-state index in [4.69, 9.17) is 4.74 Å². The third-order valence-electron chi connectivity index (χ3n) is 5.17. The number of likely N-dealkylation sites (tertiary alicyclic amines) is 1. The summed E-state index contributed by atoms with van der Waals surface area (Å²) < 4.78 is 44.5. The molecule has 0 aromatic carbocycles. The second kappa shape index (κ2) is 8.05. The summed E-state index contributed by atoms with van der Waals surface area (Å²) in [4.78, 5) is 22.2. The predicted octanol–water partition coefficient (Wildman–Crippen LogP) is 0.829. The smallest absolute Gasteiger partial charge is 0.254 e. The molecule has 0 aliphatic carbocycles. The monoisotopic (exact) mass is 400 g/mol. The van der Waals surface area contributed by atoms with Crippen LogP contribution < -0.4 is 4.74 Å². The first-order chi connectivity index (χ1) is 12.8. The second-order valence-electron chi connectivity index (χ2n) is 7.04. The summed E-state index contributed by atoms with van der Waals surface area (Å²) in [6.07, 6.45) is 4.27. The van der Waals surface area contributed by atoms with Gasteiger partial charge in [0.25, 0.3) is 5.88 Å². The molecule has 2 aliphatic heterocycles. The molecule has 150 valence electrons. The van der Waals surface area contributed by atoms with Crippen LogP contribution in [0.1, 0.15) is 31.9 Å². The largest absolute Gasteiger partial charge is 0.470 e. The standard InChI is InChI=1S/C17H25FN4O4S/c1-3-14-15(18)16(20-11-19-14)26-13-6-7-21(10-13)17(23)12-4-8-22(9-5-12)27(2,24)25/h11-13H,3-10H2,1-2H3. The van der Waals surface area contributed by atoms with Gasteiger partial charge in [-0.2, -0.15) is 9.37 Å². The Bertz CT molecular complexity index is 796. The SMILES string of the molecule is CCc1ncnc(OC2CCN(C(=O)C3CCN(S(C)(=O)=O)CC3)C2)c1F. The van der Waals surface area contributed by atoms with Gasteiger partial charge in [-0.15, -0.1) is 0 Å². The van der Waals surface area contributed by atoms with Gasteiger partial charge in [0.05, 0.1) is 18.5 Å². The van der Waals surface area contributed by atoms with Crippen LogP contribution in [0.2, 0.25) is 0 Å². The van der Waals surface area contributed by atoms with Crippen molar-refractivity contribution in [1.29, 1.82) is 0 Å². The van der Waals surface area contributed by atoms with Gasteiger partial charge >= 0.3 is 0 Å². The van der Waals surface area contributed by atoms with Crippen molar-refractivity contribution in [3.63, 3.8) is 0 Å². The fourth-order valence-corrected chi connectivity index (χ4v) is 4.47. The molecule has 10 heteroatoms. The van der Waals surface area contributed by atoms with Gasteiger partial charge in [0.1, 0.15) is 12.4 Å². The van der Waals surface area contributed by atoms with Crippen LogP contribution in [0, 0.1) is 11.7 Å². The van der Waals surface area contributed by atoms with E-state index in [2.05, 4.69) is 9.97 Å². The molecule has 8 nitrogen and oxygen atoms in total. The lowest BCUT2D eigenvalue weighted by Gasteiger charge is -2.31. The van der Waals surface area contributed by atoms with Crippen molar-refractivity contribution in [3.8, 4) is 5.88 Å². The second-order valence-corrected chi connectivity index (χ2v) is 9.02. The predicted molar refractivity (Wildman–Crippen MR) is 96.1 cm³/mol. The van der Waals surface area contributed by atoms with E-state index in [1.54, 1.807) is 11.8 Å². The number of carbonyl (C=O) groups is 1. The van der Waals surface area contributed by atoms with Crippen LogP contribution in [0.5, 0.6) is 5.88 Å². The highest BCUT2D eigenvalue weighted by Gasteiger charge is 2.35. The number of aromatic nitrogens is 2. The fourth-order valence-electron chi connectivity index (χ4n) is 3.59. The molecule has 2 aliphatic rings. The average Bonchev–Trinajstić information content (AvgIpc) is 3.11. The first-order valence-electron chi connectivity index (χ1n) is 9.19. The zero-order valence-corrected chi connectivity index (χ0v) is 16.4. The lowest BCUT2D eigenvalue weighted by molar-refractivity contribution is -0.135. The Hall–Kier alpha value is -1.81. The lowest BCUT2D eigenvalue weighted by atomic mass is 9.97. The third kappa shape index (κ3) is 4.55. The maximum Gasteiger partial charge on any atom is 0.254 e. The topological polar surface area (TPSA) is 92.7 Å². The molecule has 1 unspecified atom stereocenters. The zero-order valence-electron chi connectivity index (χ0n) is 15.6. The average molecular weight is 400 g/mol. The molecular weight excluding hydrogens is 375 g/mol. The Kier molecular flexibility index (Phi) is 5.95. The quantitative estimate of drug-likeness (QED) is 0.727. The van der Waals surface area contributed by atoms with Crippen molar-refractivity contribution < 1.29 is 22.3 Å². The van der Waals surface area contributed by atoms with Crippen molar-refractivity contribution >= 4 is 15.9 Å². The Morgan fingerprint density at radius 3 is 2.59 bits per heavy atom. The van der Waals surface area contributed by atoms with Gasteiger partial charge in [0.15, 0.2) is 0 Å². The van der Waals surface area contributed by atoms with Crippen LogP contribution in [0.25, 0.3) is 0 Å². The van der Waals surface area contributed by atoms with Gasteiger partial charge in [-0.1, -0.05) is 6.92 Å². The van der Waals surface area contributed by atoms with Crippen LogP contribution in [0.15, 0.2) is 6.33 Å². The van der Waals surface area contributed by atoms with Crippen molar-refractivity contribution in [2.24, 2.45) is 5.92 Å². The number of amides is 1. The summed E-state index contributed by atoms with van der Waals surface area (Å²) in [6.45, 7) is 3.48. The Balaban J connectivity index is 1.55. The van der Waals surface area contributed by atoms with Gasteiger partial charge in [0, 0.05) is 32.0 Å². The van der Waals surface area contributed by atoms with Gasteiger partial charge in [-0.25, -0.2) is 17.7 Å². The molecule has 27 heavy (non-hydrogen) atoms. The molecule has 1 aromatic rings. The highest BCUT2D eigenvalue weighted by molar-refractivity contribution is 7.88. The molecule has 0 N–H and O–H groups in total. The maximum atomic E-state index is 14.2. The van der Waals surface area contributed by atoms with E-state index in [0.717, 1.165) is 0 Å². The Morgan fingerprint density at radius 1 is 1.26 bits per heavy atom. The minimum absolute atomic E-state index is 0.0201. The van der Waals surface area contributed by atoms with Crippen molar-refractivity contribution in [1.82, 2.24) is 19.2 Å². The molecule has 0 spiro atoms. The molecule has 3 heterocycles. The van der Waals surface area contributed by atoms with E-state index < -0.39 is 15.8 Å². The molecule has 0 radical (unpaired) electrons. The fraction of sp³-hybridized carbons (Fsp3) is 0.706. The third-order valence-corrected chi connectivity index (χ3v) is 6.47. The van der Waals surface area contributed by atoms with Crippen molar-refractivity contribution in [3.05, 3.63) is 17.8 Å². The van der Waals surface area contributed by atoms with Crippen molar-refractivity contribution in [2.45, 2.75) is 38.7 Å². The lowest BCUT2D eigenvalue weighted by Crippen LogP contribution is -2.43. The summed E-state index contributed by atoms with van der Waals surface area (Å²) in [6, 6.07) is 0. The normalized spacial score (nSPS) is 22.2. The van der Waals surface area contributed by atoms with E-state index in [-0.39, 0.29) is 23.8 Å². The van der Waals surface area contributed by atoms with Crippen LogP contribution >= 0.6 is 0 Å². The summed E-state index contributed by atoms with van der Waals surface area (Å²) in [7, 11) is -3.21. The first kappa shape index (κ1) is 19.9. The van der Waals surface area contributed by atoms with Crippen LogP contribution in [0.4, 0.5) is 4.39 Å². The molecule has 1 amide bonds. The van der Waals surface area contributed by atoms with Gasteiger partial charge < -0.3 is 9.64 Å². The first-order valence-corrected chi connectivity index (χ1v) is 11.0. The maximum absolute atomic E-state index is 14.2. The Morgan fingerprint density at radius 2 is 1.96 bits per heavy atom. The number of hydrogen-bond acceptors (Lipinski definition) is 6. The number of carbonyl (C=O) groups excluding carboxylic acids is 1. The summed E-state index contributed by atoms with van der Waals surface area (Å²) >= 11 is 0. The molecule has 0 bridgehead atoms. The van der Waals surface area contributed by atoms with E-state index in [1.807, 2.05) is 0 Å². The number of hydrogen-bond donors (Lipinski definition) is 0. The molecule has 1 aromatic heterocycles. The number of halogens is 1. The summed E-state index contributed by atoms with van der Waals surface area (Å²) in [5.41, 5.74) is 0.309. The molecule has 2 saturated heterocycles. The highest BCUT2D eigenvalue weighted by atomic mass is 32.2. The van der Waals surface area contributed by atoms with E-state index in [9.17, 15) is 17.6 Å². The molecule has 3 rings (SSSR count). The van der Waals surface area contributed by atoms with Crippen LogP contribution in [-0.2, 0) is 21.2 Å². The number of nitrogens with zero attached hydrogens (tertiary/aromatic N) is 4. The minimum Gasteiger partial charge on any atom is -0.470 e. The summed E-state index contributed by atoms with van der Waals surface area (Å²) in [5.74, 6) is -0.767. The molecular formula is C17H25FN4O4S. The number of ether oxygens (including phenoxy) is 1. The Labute approximate surface area is 158 Å². The van der Waals surface area contributed by atoms with Gasteiger partial charge in [0.2, 0.25) is 21.7 Å². The molecule has 1 atom stereocenters. The summed E-state index contributed by atoms with van der Waals surface area (Å²) in [5, 5.41) is 0. The minimum atomic E-state index is -3.21. The van der Waals surface area contributed by atoms with Gasteiger partial charge in [-0.3, -0.25) is 4.79 Å². The number of piperidine rings is 1. The van der Waals surface area contributed by atoms with Crippen LogP contribution in [-0.4, -0.2) is 72.0 Å². The number of sulfonamides is 1. The highest BCUT2D eigenvalue weighted by Crippen LogP contribution is 2.25. The zero-order chi connectivity index (χ0) is 19.6. The van der Waals surface area contributed by atoms with Crippen LogP contribution in [0.3, 0.4) is 0 Å².